The normalized spacial score (nSPS) is 15.1. The largest absolute Gasteiger partial charge is 0.494 e. The van der Waals surface area contributed by atoms with Crippen LogP contribution in [0.1, 0.15) is 66.9 Å². The summed E-state index contributed by atoms with van der Waals surface area (Å²) in [5.74, 6) is -3.88. The number of hydrogen-bond acceptors (Lipinski definition) is 16. The summed E-state index contributed by atoms with van der Waals surface area (Å²) in [6.45, 7) is 10.9. The zero-order valence-corrected chi connectivity index (χ0v) is 43.8. The number of Topliss-reactive ketones (excluding diaryl/α,β-unsaturated/α-hetero) is 2. The molecule has 3 amide bonds. The number of alkyl halides is 3. The number of ketones is 2. The number of methoxy groups -OCH3 is 2. The Kier molecular flexibility index (Phi) is 18.1. The van der Waals surface area contributed by atoms with Crippen LogP contribution in [0, 0.1) is 13.8 Å². The van der Waals surface area contributed by atoms with Crippen molar-refractivity contribution in [2.45, 2.75) is 46.0 Å². The monoisotopic (exact) mass is 1110 g/mol. The van der Waals surface area contributed by atoms with Crippen LogP contribution in [0.25, 0.3) is 33.4 Å². The lowest BCUT2D eigenvalue weighted by atomic mass is 10.1. The molecule has 5 N–H and O–H groups in total. The van der Waals surface area contributed by atoms with E-state index in [-0.39, 0.29) is 48.1 Å². The standard InChI is InChI=1S/C25H25N7O4.C13H11N5O4.C12H16N2O.C2HF3O2/c1-15-13-30(9-10-31(15)24(34)17-7-5-4-6-8-17)25(35)22(33)18-11-26-21-20(18)19(36-3)12-27-23(21)32-16(2)28-14-29-32;1-6-16-5-17-18(6)12-10-9(8(22-2)4-15-12)7(3-14-10)11(19)13(20)21;1-10-9-13-7-8-14(10)12(15)11-5-3-2-4-6-11;3-2(4,5)1(6)7/h4-8,11-12,14-15,26H,9-10,13H2,1-3H3;3-5,14H,1-2H3,(H,20,21);2-6,10,13H,7-9H2,1H3;(H,6,7)/t15-;;10-;/m1.1./s1. The van der Waals surface area contributed by atoms with Crippen LogP contribution in [-0.2, 0) is 14.4 Å². The first-order valence-electron chi connectivity index (χ1n) is 24.3. The molecule has 0 unspecified atom stereocenters. The molecule has 6 aromatic heterocycles. The molecule has 2 fully saturated rings. The van der Waals surface area contributed by atoms with E-state index < -0.39 is 35.6 Å². The third kappa shape index (κ3) is 12.6. The summed E-state index contributed by atoms with van der Waals surface area (Å²) in [4.78, 5) is 111. The predicted molar refractivity (Wildman–Crippen MR) is 278 cm³/mol. The quantitative estimate of drug-likeness (QED) is 0.0930. The number of piperazine rings is 2. The van der Waals surface area contributed by atoms with E-state index >= 15 is 0 Å². The number of carbonyl (C=O) groups is 7. The molecule has 80 heavy (non-hydrogen) atoms. The number of aryl methyl sites for hydroxylation is 2. The topological polar surface area (TPSA) is 319 Å². The molecule has 28 heteroatoms. The highest BCUT2D eigenvalue weighted by Crippen LogP contribution is 2.34. The van der Waals surface area contributed by atoms with Crippen LogP contribution >= 0.6 is 0 Å². The average molecular weight is 1110 g/mol. The fourth-order valence-electron chi connectivity index (χ4n) is 8.67. The number of rotatable bonds is 10. The molecule has 2 atom stereocenters. The number of H-pyrrole nitrogens is 2. The van der Waals surface area contributed by atoms with Crippen molar-refractivity contribution in [1.29, 1.82) is 0 Å². The summed E-state index contributed by atoms with van der Waals surface area (Å²) in [5.41, 5.74) is 2.51. The van der Waals surface area contributed by atoms with Gasteiger partial charge in [-0.15, -0.1) is 0 Å². The minimum atomic E-state index is -5.08. The third-order valence-electron chi connectivity index (χ3n) is 12.7. The Morgan fingerprint density at radius 1 is 0.637 bits per heavy atom. The minimum absolute atomic E-state index is 0.000711. The average Bonchev–Trinajstić information content (AvgIpc) is 4.32. The lowest BCUT2D eigenvalue weighted by Crippen LogP contribution is -2.56. The van der Waals surface area contributed by atoms with Gasteiger partial charge < -0.3 is 49.7 Å². The van der Waals surface area contributed by atoms with Gasteiger partial charge in [-0.2, -0.15) is 32.7 Å². The van der Waals surface area contributed by atoms with E-state index in [1.54, 1.807) is 35.6 Å². The van der Waals surface area contributed by atoms with Gasteiger partial charge in [0.05, 0.1) is 59.5 Å². The Morgan fingerprint density at radius 3 is 1.48 bits per heavy atom. The number of aliphatic carboxylic acids is 2. The molecular weight excluding hydrogens is 1050 g/mol. The second-order valence-electron chi connectivity index (χ2n) is 17.8. The first-order chi connectivity index (χ1) is 38.2. The van der Waals surface area contributed by atoms with Gasteiger partial charge in [0.2, 0.25) is 0 Å². The van der Waals surface area contributed by atoms with Gasteiger partial charge in [0, 0.05) is 74.9 Å². The molecule has 2 aromatic carbocycles. The van der Waals surface area contributed by atoms with Crippen molar-refractivity contribution in [3.05, 3.63) is 132 Å². The van der Waals surface area contributed by atoms with E-state index in [2.05, 4.69) is 52.3 Å². The van der Waals surface area contributed by atoms with E-state index in [9.17, 15) is 41.9 Å². The number of nitrogens with one attached hydrogen (secondary N) is 3. The van der Waals surface area contributed by atoms with Crippen LogP contribution in [0.5, 0.6) is 11.5 Å². The summed E-state index contributed by atoms with van der Waals surface area (Å²) in [5, 5.41) is 28.4. The number of aromatic amines is 2. The Morgan fingerprint density at radius 2 is 1.09 bits per heavy atom. The maximum absolute atomic E-state index is 13.4. The first-order valence-corrected chi connectivity index (χ1v) is 24.3. The van der Waals surface area contributed by atoms with Crippen molar-refractivity contribution >= 4 is 63.0 Å². The molecule has 25 nitrogen and oxygen atoms in total. The molecular formula is C52H53F3N14O11. The van der Waals surface area contributed by atoms with E-state index in [1.165, 1.54) is 61.2 Å². The number of carboxylic acid groups (broad SMARTS) is 2. The molecule has 2 aliphatic rings. The highest BCUT2D eigenvalue weighted by molar-refractivity contribution is 6.45. The van der Waals surface area contributed by atoms with Crippen LogP contribution in [0.15, 0.2) is 98.1 Å². The van der Waals surface area contributed by atoms with Crippen molar-refractivity contribution < 1.29 is 66.4 Å². The van der Waals surface area contributed by atoms with Crippen molar-refractivity contribution in [3.63, 3.8) is 0 Å². The summed E-state index contributed by atoms with van der Waals surface area (Å²) >= 11 is 0. The predicted octanol–water partition coefficient (Wildman–Crippen LogP) is 4.50. The van der Waals surface area contributed by atoms with Gasteiger partial charge in [0.1, 0.15) is 35.8 Å². The molecule has 8 heterocycles. The highest BCUT2D eigenvalue weighted by atomic mass is 19.4. The number of amides is 3. The number of nitrogens with zero attached hydrogens (tertiary/aromatic N) is 11. The van der Waals surface area contributed by atoms with Crippen molar-refractivity contribution in [2.24, 2.45) is 0 Å². The van der Waals surface area contributed by atoms with Gasteiger partial charge in [-0.1, -0.05) is 36.4 Å². The van der Waals surface area contributed by atoms with Crippen LogP contribution in [0.4, 0.5) is 13.2 Å². The third-order valence-corrected chi connectivity index (χ3v) is 12.7. The number of ether oxygens (including phenoxy) is 2. The lowest BCUT2D eigenvalue weighted by Gasteiger charge is -2.39. The van der Waals surface area contributed by atoms with Gasteiger partial charge >= 0.3 is 18.1 Å². The van der Waals surface area contributed by atoms with E-state index in [0.717, 1.165) is 25.2 Å². The van der Waals surface area contributed by atoms with Crippen molar-refractivity contribution in [1.82, 2.24) is 69.5 Å². The molecule has 8 aromatic rings. The summed E-state index contributed by atoms with van der Waals surface area (Å²) in [6, 6.07) is 18.5. The molecule has 2 aliphatic heterocycles. The molecule has 0 spiro atoms. The highest BCUT2D eigenvalue weighted by Gasteiger charge is 2.38. The molecule has 0 aliphatic carbocycles. The number of aromatic nitrogens is 10. The number of carboxylic acids is 2. The maximum atomic E-state index is 13.4. The van der Waals surface area contributed by atoms with Crippen LogP contribution < -0.4 is 14.8 Å². The molecule has 10 rings (SSSR count). The number of benzene rings is 2. The number of carbonyl (C=O) groups excluding carboxylic acids is 5. The second kappa shape index (κ2) is 25.1. The van der Waals surface area contributed by atoms with Crippen LogP contribution in [0.2, 0.25) is 0 Å². The van der Waals surface area contributed by atoms with E-state index in [4.69, 9.17) is 24.5 Å². The first kappa shape index (κ1) is 57.8. The van der Waals surface area contributed by atoms with Gasteiger partial charge in [-0.05, 0) is 52.0 Å². The fourth-order valence-corrected chi connectivity index (χ4v) is 8.67. The Bertz CT molecular complexity index is 3560. The Hall–Kier alpha value is -9.86. The van der Waals surface area contributed by atoms with E-state index in [0.29, 0.717) is 68.7 Å². The zero-order valence-electron chi connectivity index (χ0n) is 43.8. The molecule has 0 bridgehead atoms. The molecule has 418 valence electrons. The minimum Gasteiger partial charge on any atom is -0.494 e. The fraction of sp³-hybridized carbons (Fsp3) is 0.288. The summed E-state index contributed by atoms with van der Waals surface area (Å²) in [6.07, 6.45) is 3.41. The second-order valence-corrected chi connectivity index (χ2v) is 17.8. The van der Waals surface area contributed by atoms with Gasteiger partial charge in [0.15, 0.2) is 11.6 Å². The number of hydrogen-bond donors (Lipinski definition) is 5. The van der Waals surface area contributed by atoms with Gasteiger partial charge in [-0.25, -0.2) is 29.5 Å². The molecule has 0 saturated carbocycles. The number of pyridine rings is 2. The smallest absolute Gasteiger partial charge is 0.490 e. The van der Waals surface area contributed by atoms with Gasteiger partial charge in [0.25, 0.3) is 29.3 Å². The van der Waals surface area contributed by atoms with Crippen molar-refractivity contribution in [2.75, 3.05) is 53.5 Å². The van der Waals surface area contributed by atoms with Crippen LogP contribution in [0.3, 0.4) is 0 Å². The molecule has 2 saturated heterocycles. The van der Waals surface area contributed by atoms with Gasteiger partial charge in [-0.3, -0.25) is 24.0 Å². The summed E-state index contributed by atoms with van der Waals surface area (Å²) in [7, 11) is 2.89. The van der Waals surface area contributed by atoms with Crippen LogP contribution in [-0.4, -0.2) is 187 Å². The summed E-state index contributed by atoms with van der Waals surface area (Å²) < 4.78 is 45.4. The SMILES string of the molecule is COc1cnc(-n2ncnc2C)c2[nH]cc(C(=O)C(=O)N3CCN(C(=O)c4ccccc4)[C@H](C)C3)c12.COc1cnc(-n2ncnc2C)c2[nH]cc(C(=O)C(=O)O)c12.C[C@@H]1CNCCN1C(=O)c1ccccc1.O=C(O)C(F)(F)F. The number of halogens is 3. The Balaban J connectivity index is 0.000000178. The lowest BCUT2D eigenvalue weighted by molar-refractivity contribution is -0.192. The van der Waals surface area contributed by atoms with Crippen molar-refractivity contribution in [3.8, 4) is 23.1 Å². The maximum Gasteiger partial charge on any atom is 0.490 e. The zero-order chi connectivity index (χ0) is 58.0. The molecule has 0 radical (unpaired) electrons. The number of fused-ring (bicyclic) bond motifs is 2. The van der Waals surface area contributed by atoms with E-state index in [1.807, 2.05) is 60.4 Å². The Labute approximate surface area is 452 Å².